The first-order chi connectivity index (χ1) is 9.84. The SMILES string of the molecule is CC(=O)C1CCCCN1c1ccc(S(=O)(=O)N(C)C)cc1. The quantitative estimate of drug-likeness (QED) is 0.852. The van der Waals surface area contributed by atoms with Gasteiger partial charge in [-0.15, -0.1) is 0 Å². The predicted octanol–water partition coefficient (Wildman–Crippen LogP) is 1.88. The molecular weight excluding hydrogens is 288 g/mol. The van der Waals surface area contributed by atoms with Crippen LogP contribution in [0.15, 0.2) is 29.2 Å². The normalized spacial score (nSPS) is 19.8. The van der Waals surface area contributed by atoms with Crippen molar-refractivity contribution in [2.75, 3.05) is 25.5 Å². The van der Waals surface area contributed by atoms with Gasteiger partial charge < -0.3 is 4.90 Å². The van der Waals surface area contributed by atoms with Gasteiger partial charge in [-0.05, 0) is 50.5 Å². The van der Waals surface area contributed by atoms with Crippen molar-refractivity contribution in [1.82, 2.24) is 4.31 Å². The van der Waals surface area contributed by atoms with Gasteiger partial charge in [-0.25, -0.2) is 12.7 Å². The van der Waals surface area contributed by atoms with E-state index < -0.39 is 10.0 Å². The number of carbonyl (C=O) groups is 1. The molecule has 0 saturated carbocycles. The van der Waals surface area contributed by atoms with Crippen molar-refractivity contribution in [2.45, 2.75) is 37.1 Å². The van der Waals surface area contributed by atoms with Gasteiger partial charge >= 0.3 is 0 Å². The molecule has 1 aromatic rings. The van der Waals surface area contributed by atoms with Gasteiger partial charge in [0.2, 0.25) is 10.0 Å². The van der Waals surface area contributed by atoms with E-state index in [1.807, 2.05) is 0 Å². The lowest BCUT2D eigenvalue weighted by Gasteiger charge is -2.36. The fraction of sp³-hybridized carbons (Fsp3) is 0.533. The molecule has 1 fully saturated rings. The van der Waals surface area contributed by atoms with Crippen LogP contribution in [0.1, 0.15) is 26.2 Å². The molecule has 0 spiro atoms. The molecule has 1 aliphatic rings. The molecule has 1 aromatic carbocycles. The van der Waals surface area contributed by atoms with Gasteiger partial charge in [0.15, 0.2) is 5.78 Å². The fourth-order valence-electron chi connectivity index (χ4n) is 2.68. The second-order valence-electron chi connectivity index (χ2n) is 5.60. The molecule has 1 heterocycles. The molecule has 6 heteroatoms. The molecular formula is C15H22N2O3S. The minimum atomic E-state index is -3.41. The largest absolute Gasteiger partial charge is 0.362 e. The molecule has 0 aliphatic carbocycles. The van der Waals surface area contributed by atoms with Gasteiger partial charge in [-0.1, -0.05) is 0 Å². The first-order valence-corrected chi connectivity index (χ1v) is 8.57. The van der Waals surface area contributed by atoms with E-state index in [4.69, 9.17) is 0 Å². The van der Waals surface area contributed by atoms with Crippen LogP contribution in [0.4, 0.5) is 5.69 Å². The fourth-order valence-corrected chi connectivity index (χ4v) is 3.59. The molecule has 0 N–H and O–H groups in total. The van der Waals surface area contributed by atoms with Crippen LogP contribution in [0.5, 0.6) is 0 Å². The van der Waals surface area contributed by atoms with Crippen LogP contribution in [0.25, 0.3) is 0 Å². The third kappa shape index (κ3) is 3.27. The van der Waals surface area contributed by atoms with Gasteiger partial charge in [0.1, 0.15) is 0 Å². The zero-order chi connectivity index (χ0) is 15.6. The second kappa shape index (κ2) is 6.15. The van der Waals surface area contributed by atoms with Crippen LogP contribution in [0, 0.1) is 0 Å². The Kier molecular flexibility index (Phi) is 4.68. The summed E-state index contributed by atoms with van der Waals surface area (Å²) in [7, 11) is -0.379. The summed E-state index contributed by atoms with van der Waals surface area (Å²) < 4.78 is 25.3. The van der Waals surface area contributed by atoms with Gasteiger partial charge in [-0.3, -0.25) is 4.79 Å². The Labute approximate surface area is 126 Å². The molecule has 5 nitrogen and oxygen atoms in total. The molecule has 0 amide bonds. The number of rotatable bonds is 4. The Morgan fingerprint density at radius 1 is 1.19 bits per heavy atom. The van der Waals surface area contributed by atoms with Gasteiger partial charge in [0.25, 0.3) is 0 Å². The number of hydrogen-bond acceptors (Lipinski definition) is 4. The molecule has 1 unspecified atom stereocenters. The van der Waals surface area contributed by atoms with Gasteiger partial charge in [0.05, 0.1) is 10.9 Å². The Morgan fingerprint density at radius 2 is 1.81 bits per heavy atom. The third-order valence-electron chi connectivity index (χ3n) is 3.92. The number of ketones is 1. The van der Waals surface area contributed by atoms with Crippen molar-refractivity contribution < 1.29 is 13.2 Å². The standard InChI is InChI=1S/C15H22N2O3S/c1-12(18)15-6-4-5-11-17(15)13-7-9-14(10-8-13)21(19,20)16(2)3/h7-10,15H,4-6,11H2,1-3H3. The van der Waals surface area contributed by atoms with E-state index in [1.54, 1.807) is 31.2 Å². The minimum absolute atomic E-state index is 0.0879. The van der Waals surface area contributed by atoms with E-state index in [0.29, 0.717) is 0 Å². The van der Waals surface area contributed by atoms with Crippen LogP contribution in [0.3, 0.4) is 0 Å². The maximum atomic E-state index is 12.1. The highest BCUT2D eigenvalue weighted by Gasteiger charge is 2.26. The van der Waals surface area contributed by atoms with Crippen LogP contribution in [0.2, 0.25) is 0 Å². The smallest absolute Gasteiger partial charge is 0.242 e. The average Bonchev–Trinajstić information content (AvgIpc) is 2.47. The van der Waals surface area contributed by atoms with Crippen molar-refractivity contribution in [3.05, 3.63) is 24.3 Å². The van der Waals surface area contributed by atoms with Crippen molar-refractivity contribution in [2.24, 2.45) is 0 Å². The molecule has 0 radical (unpaired) electrons. The summed E-state index contributed by atoms with van der Waals surface area (Å²) in [5.41, 5.74) is 0.910. The van der Waals surface area contributed by atoms with Gasteiger partial charge in [-0.2, -0.15) is 0 Å². The highest BCUT2D eigenvalue weighted by Crippen LogP contribution is 2.26. The van der Waals surface area contributed by atoms with E-state index in [2.05, 4.69) is 4.90 Å². The lowest BCUT2D eigenvalue weighted by atomic mass is 9.98. The zero-order valence-corrected chi connectivity index (χ0v) is 13.6. The monoisotopic (exact) mass is 310 g/mol. The van der Waals surface area contributed by atoms with Crippen molar-refractivity contribution in [1.29, 1.82) is 0 Å². The number of anilines is 1. The number of benzene rings is 1. The number of sulfonamides is 1. The van der Waals surface area contributed by atoms with Crippen LogP contribution in [-0.2, 0) is 14.8 Å². The topological polar surface area (TPSA) is 57.7 Å². The molecule has 1 saturated heterocycles. The van der Waals surface area contributed by atoms with E-state index in [-0.39, 0.29) is 16.7 Å². The van der Waals surface area contributed by atoms with Crippen LogP contribution in [-0.4, -0.2) is 45.2 Å². The number of hydrogen-bond donors (Lipinski definition) is 0. The summed E-state index contributed by atoms with van der Waals surface area (Å²) in [5.74, 6) is 0.166. The maximum Gasteiger partial charge on any atom is 0.242 e. The summed E-state index contributed by atoms with van der Waals surface area (Å²) in [6, 6.07) is 6.71. The first kappa shape index (κ1) is 16.0. The first-order valence-electron chi connectivity index (χ1n) is 7.13. The van der Waals surface area contributed by atoms with E-state index >= 15 is 0 Å². The molecule has 1 atom stereocenters. The lowest BCUT2D eigenvalue weighted by molar-refractivity contribution is -0.118. The molecule has 21 heavy (non-hydrogen) atoms. The Morgan fingerprint density at radius 3 is 2.33 bits per heavy atom. The van der Waals surface area contributed by atoms with Gasteiger partial charge in [0, 0.05) is 26.3 Å². The number of piperidine rings is 1. The zero-order valence-electron chi connectivity index (χ0n) is 12.7. The highest BCUT2D eigenvalue weighted by molar-refractivity contribution is 7.89. The Balaban J connectivity index is 2.28. The summed E-state index contributed by atoms with van der Waals surface area (Å²) in [6.45, 7) is 2.46. The lowest BCUT2D eigenvalue weighted by Crippen LogP contribution is -2.43. The molecule has 0 aromatic heterocycles. The average molecular weight is 310 g/mol. The maximum absolute atomic E-state index is 12.1. The van der Waals surface area contributed by atoms with Crippen molar-refractivity contribution in [3.63, 3.8) is 0 Å². The Hall–Kier alpha value is -1.40. The van der Waals surface area contributed by atoms with Crippen molar-refractivity contribution in [3.8, 4) is 0 Å². The molecule has 116 valence electrons. The van der Waals surface area contributed by atoms with E-state index in [0.717, 1.165) is 31.5 Å². The molecule has 1 aliphatic heterocycles. The van der Waals surface area contributed by atoms with Crippen molar-refractivity contribution >= 4 is 21.5 Å². The third-order valence-corrected chi connectivity index (χ3v) is 5.75. The molecule has 0 bridgehead atoms. The van der Waals surface area contributed by atoms with Crippen LogP contribution < -0.4 is 4.90 Å². The number of nitrogens with zero attached hydrogens (tertiary/aromatic N) is 2. The minimum Gasteiger partial charge on any atom is -0.362 e. The van der Waals surface area contributed by atoms with Crippen LogP contribution >= 0.6 is 0 Å². The second-order valence-corrected chi connectivity index (χ2v) is 7.75. The van der Waals surface area contributed by atoms with E-state index in [1.165, 1.54) is 18.4 Å². The predicted molar refractivity (Wildman–Crippen MR) is 83.0 cm³/mol. The summed E-state index contributed by atoms with van der Waals surface area (Å²) in [4.78, 5) is 14.1. The molecule has 2 rings (SSSR count). The highest BCUT2D eigenvalue weighted by atomic mass is 32.2. The Bertz CT molecular complexity index is 608. The summed E-state index contributed by atoms with van der Waals surface area (Å²) in [6.07, 6.45) is 2.99. The summed E-state index contributed by atoms with van der Waals surface area (Å²) >= 11 is 0. The number of carbonyl (C=O) groups excluding carboxylic acids is 1. The number of Topliss-reactive ketones (excluding diaryl/α,β-unsaturated/α-hetero) is 1. The van der Waals surface area contributed by atoms with E-state index in [9.17, 15) is 13.2 Å². The summed E-state index contributed by atoms with van der Waals surface area (Å²) in [5, 5.41) is 0.